The molecule has 0 atom stereocenters. The zero-order chi connectivity index (χ0) is 11.5. The molecule has 0 aromatic rings. The van der Waals surface area contributed by atoms with Gasteiger partial charge in [-0.15, -0.1) is 0 Å². The predicted molar refractivity (Wildman–Crippen MR) is 65.8 cm³/mol. The van der Waals surface area contributed by atoms with Crippen molar-refractivity contribution in [2.75, 3.05) is 6.54 Å². The average Bonchev–Trinajstić information content (AvgIpc) is 2.22. The van der Waals surface area contributed by atoms with Crippen LogP contribution in [0.3, 0.4) is 0 Å². The van der Waals surface area contributed by atoms with E-state index in [0.717, 1.165) is 18.9 Å². The Morgan fingerprint density at radius 3 is 2.20 bits per heavy atom. The first kappa shape index (κ1) is 14.5. The van der Waals surface area contributed by atoms with Crippen LogP contribution in [0.15, 0.2) is 0 Å². The van der Waals surface area contributed by atoms with Gasteiger partial charge in [0.25, 0.3) is 0 Å². The third-order valence-corrected chi connectivity index (χ3v) is 3.07. The maximum atomic E-state index is 10.6. The first-order chi connectivity index (χ1) is 7.20. The van der Waals surface area contributed by atoms with Crippen molar-refractivity contribution in [3.63, 3.8) is 0 Å². The Labute approximate surface area is 94.8 Å². The summed E-state index contributed by atoms with van der Waals surface area (Å²) in [5, 5.41) is 2.83. The van der Waals surface area contributed by atoms with Crippen molar-refractivity contribution in [2.24, 2.45) is 5.92 Å². The van der Waals surface area contributed by atoms with E-state index in [4.69, 9.17) is 0 Å². The van der Waals surface area contributed by atoms with Gasteiger partial charge < -0.3 is 5.32 Å². The zero-order valence-electron chi connectivity index (χ0n) is 10.6. The Hall–Kier alpha value is -0.530. The van der Waals surface area contributed by atoms with E-state index >= 15 is 0 Å². The molecule has 1 amide bonds. The van der Waals surface area contributed by atoms with E-state index in [2.05, 4.69) is 19.2 Å². The first-order valence-electron chi connectivity index (χ1n) is 6.45. The predicted octanol–water partition coefficient (Wildman–Crippen LogP) is 3.51. The lowest BCUT2D eigenvalue weighted by atomic mass is 9.96. The van der Waals surface area contributed by atoms with Gasteiger partial charge in [-0.05, 0) is 12.3 Å². The van der Waals surface area contributed by atoms with Crippen molar-refractivity contribution >= 4 is 5.91 Å². The van der Waals surface area contributed by atoms with Crippen LogP contribution < -0.4 is 5.32 Å². The highest BCUT2D eigenvalue weighted by Crippen LogP contribution is 2.16. The molecular formula is C13H27NO. The van der Waals surface area contributed by atoms with Crippen LogP contribution >= 0.6 is 0 Å². The van der Waals surface area contributed by atoms with E-state index < -0.39 is 0 Å². The highest BCUT2D eigenvalue weighted by Gasteiger charge is 2.02. The molecule has 1 N–H and O–H groups in total. The Kier molecular flexibility index (Phi) is 9.65. The minimum absolute atomic E-state index is 0.0898. The molecule has 0 spiro atoms. The fourth-order valence-corrected chi connectivity index (χ4v) is 1.87. The summed E-state index contributed by atoms with van der Waals surface area (Å²) < 4.78 is 0. The molecule has 0 unspecified atom stereocenters. The van der Waals surface area contributed by atoms with Gasteiger partial charge >= 0.3 is 0 Å². The van der Waals surface area contributed by atoms with E-state index in [0.29, 0.717) is 0 Å². The number of carbonyl (C=O) groups is 1. The summed E-state index contributed by atoms with van der Waals surface area (Å²) in [7, 11) is 0. The molecule has 2 nitrogen and oxygen atoms in total. The summed E-state index contributed by atoms with van der Waals surface area (Å²) in [4.78, 5) is 10.6. The van der Waals surface area contributed by atoms with Crippen molar-refractivity contribution in [1.29, 1.82) is 0 Å². The lowest BCUT2D eigenvalue weighted by molar-refractivity contribution is -0.118. The second-order valence-corrected chi connectivity index (χ2v) is 4.37. The van der Waals surface area contributed by atoms with Crippen molar-refractivity contribution in [2.45, 2.75) is 65.7 Å². The van der Waals surface area contributed by atoms with Crippen LogP contribution in [-0.2, 0) is 4.79 Å². The second-order valence-electron chi connectivity index (χ2n) is 4.37. The van der Waals surface area contributed by atoms with Gasteiger partial charge in [0.1, 0.15) is 0 Å². The lowest BCUT2D eigenvalue weighted by Gasteiger charge is -2.11. The molecule has 90 valence electrons. The molecule has 0 aliphatic rings. The van der Waals surface area contributed by atoms with Gasteiger partial charge in [-0.25, -0.2) is 0 Å². The summed E-state index contributed by atoms with van der Waals surface area (Å²) in [6, 6.07) is 0. The number of unbranched alkanes of at least 4 members (excludes halogenated alkanes) is 3. The number of carbonyl (C=O) groups excluding carboxylic acids is 1. The molecule has 0 rings (SSSR count). The van der Waals surface area contributed by atoms with Gasteiger partial charge in [-0.3, -0.25) is 4.79 Å². The van der Waals surface area contributed by atoms with Crippen molar-refractivity contribution in [3.8, 4) is 0 Å². The molecule has 15 heavy (non-hydrogen) atoms. The smallest absolute Gasteiger partial charge is 0.216 e. The number of nitrogens with one attached hydrogen (secondary N) is 1. The third-order valence-electron chi connectivity index (χ3n) is 3.07. The summed E-state index contributed by atoms with van der Waals surface area (Å²) >= 11 is 0. The van der Waals surface area contributed by atoms with Gasteiger partial charge in [-0.2, -0.15) is 0 Å². The van der Waals surface area contributed by atoms with Crippen molar-refractivity contribution in [1.82, 2.24) is 5.32 Å². The molecule has 2 heteroatoms. The fourth-order valence-electron chi connectivity index (χ4n) is 1.87. The fraction of sp³-hybridized carbons (Fsp3) is 0.923. The molecule has 0 aliphatic carbocycles. The monoisotopic (exact) mass is 213 g/mol. The Balaban J connectivity index is 3.14. The van der Waals surface area contributed by atoms with Crippen molar-refractivity contribution < 1.29 is 4.79 Å². The van der Waals surface area contributed by atoms with Crippen LogP contribution in [0, 0.1) is 5.92 Å². The highest BCUT2D eigenvalue weighted by molar-refractivity contribution is 5.72. The van der Waals surface area contributed by atoms with E-state index in [1.54, 1.807) is 6.92 Å². The summed E-state index contributed by atoms with van der Waals surface area (Å²) in [5.41, 5.74) is 0. The maximum Gasteiger partial charge on any atom is 0.216 e. The van der Waals surface area contributed by atoms with E-state index in [9.17, 15) is 4.79 Å². The van der Waals surface area contributed by atoms with E-state index in [1.807, 2.05) is 0 Å². The SMILES string of the molecule is CCC(CC)CCCCCCNC(C)=O. The van der Waals surface area contributed by atoms with Gasteiger partial charge in [0, 0.05) is 13.5 Å². The third kappa shape index (κ3) is 9.77. The van der Waals surface area contributed by atoms with E-state index in [1.165, 1.54) is 38.5 Å². The summed E-state index contributed by atoms with van der Waals surface area (Å²) in [5.74, 6) is 1.02. The van der Waals surface area contributed by atoms with Gasteiger partial charge in [-0.1, -0.05) is 52.4 Å². The topological polar surface area (TPSA) is 29.1 Å². The van der Waals surface area contributed by atoms with Gasteiger partial charge in [0.05, 0.1) is 0 Å². The average molecular weight is 213 g/mol. The first-order valence-corrected chi connectivity index (χ1v) is 6.45. The summed E-state index contributed by atoms with van der Waals surface area (Å²) in [6.07, 6.45) is 9.07. The van der Waals surface area contributed by atoms with Crippen LogP contribution in [0.4, 0.5) is 0 Å². The normalized spacial score (nSPS) is 10.7. The minimum Gasteiger partial charge on any atom is -0.356 e. The molecular weight excluding hydrogens is 186 g/mol. The molecule has 0 aromatic heterocycles. The van der Waals surface area contributed by atoms with Gasteiger partial charge in [0.15, 0.2) is 0 Å². The molecule has 0 heterocycles. The molecule has 0 aliphatic heterocycles. The number of rotatable bonds is 9. The number of amides is 1. The lowest BCUT2D eigenvalue weighted by Crippen LogP contribution is -2.20. The quantitative estimate of drug-likeness (QED) is 0.583. The number of hydrogen-bond donors (Lipinski definition) is 1. The summed E-state index contributed by atoms with van der Waals surface area (Å²) in [6.45, 7) is 6.99. The van der Waals surface area contributed by atoms with Gasteiger partial charge in [0.2, 0.25) is 5.91 Å². The Morgan fingerprint density at radius 2 is 1.67 bits per heavy atom. The zero-order valence-corrected chi connectivity index (χ0v) is 10.6. The molecule has 0 aromatic carbocycles. The molecule has 0 fully saturated rings. The minimum atomic E-state index is 0.0898. The van der Waals surface area contributed by atoms with Crippen molar-refractivity contribution in [3.05, 3.63) is 0 Å². The standard InChI is InChI=1S/C13H27NO/c1-4-13(5-2)10-8-6-7-9-11-14-12(3)15/h13H,4-11H2,1-3H3,(H,14,15). The molecule has 0 saturated heterocycles. The largest absolute Gasteiger partial charge is 0.356 e. The van der Waals surface area contributed by atoms with E-state index in [-0.39, 0.29) is 5.91 Å². The van der Waals surface area contributed by atoms with Crippen LogP contribution in [0.5, 0.6) is 0 Å². The molecule has 0 bridgehead atoms. The second kappa shape index (κ2) is 10.0. The Morgan fingerprint density at radius 1 is 1.07 bits per heavy atom. The number of hydrogen-bond acceptors (Lipinski definition) is 1. The Bertz CT molecular complexity index is 153. The van der Waals surface area contributed by atoms with Crippen LogP contribution in [0.1, 0.15) is 65.7 Å². The van der Waals surface area contributed by atoms with Crippen LogP contribution in [-0.4, -0.2) is 12.5 Å². The molecule has 0 radical (unpaired) electrons. The van der Waals surface area contributed by atoms with Crippen LogP contribution in [0.25, 0.3) is 0 Å². The van der Waals surface area contributed by atoms with Crippen LogP contribution in [0.2, 0.25) is 0 Å². The molecule has 0 saturated carbocycles. The maximum absolute atomic E-state index is 10.6. The highest BCUT2D eigenvalue weighted by atomic mass is 16.1.